The van der Waals surface area contributed by atoms with Gasteiger partial charge in [0.05, 0.1) is 18.7 Å². The second-order valence-corrected chi connectivity index (χ2v) is 10.2. The molecule has 2 aliphatic heterocycles. The molecule has 3 aliphatic rings. The molecule has 3 aromatic carbocycles. The summed E-state index contributed by atoms with van der Waals surface area (Å²) in [5.74, 6) is 0.948. The Hall–Kier alpha value is -3.54. The van der Waals surface area contributed by atoms with Gasteiger partial charge in [0.25, 0.3) is 0 Å². The number of carboxylic acid groups (broad SMARTS) is 1. The summed E-state index contributed by atoms with van der Waals surface area (Å²) in [6.07, 6.45) is 3.40. The smallest absolute Gasteiger partial charge is 0.303 e. The number of ether oxygens (including phenoxy) is 2. The van der Waals surface area contributed by atoms with Crippen LogP contribution >= 0.6 is 0 Å². The van der Waals surface area contributed by atoms with Gasteiger partial charge < -0.3 is 19.5 Å². The third kappa shape index (κ3) is 4.41. The third-order valence-corrected chi connectivity index (χ3v) is 7.79. The topological polar surface area (TPSA) is 59.0 Å². The van der Waals surface area contributed by atoms with Gasteiger partial charge in [-0.25, -0.2) is 4.39 Å². The van der Waals surface area contributed by atoms with Crippen molar-refractivity contribution in [2.24, 2.45) is 5.92 Å². The number of anilines is 1. The molecule has 1 aliphatic carbocycles. The summed E-state index contributed by atoms with van der Waals surface area (Å²) in [6.45, 7) is 1.49. The predicted octanol–water partition coefficient (Wildman–Crippen LogP) is 6.36. The minimum absolute atomic E-state index is 0.00758. The number of aliphatic carboxylic acids is 1. The van der Waals surface area contributed by atoms with E-state index in [1.807, 2.05) is 55.6 Å². The molecule has 2 unspecified atom stereocenters. The molecule has 0 amide bonds. The summed E-state index contributed by atoms with van der Waals surface area (Å²) in [5, 5.41) is 9.37. The van der Waals surface area contributed by atoms with Gasteiger partial charge in [-0.1, -0.05) is 30.3 Å². The lowest BCUT2D eigenvalue weighted by atomic mass is 9.88. The maximum Gasteiger partial charge on any atom is 0.303 e. The van der Waals surface area contributed by atoms with E-state index in [0.29, 0.717) is 24.5 Å². The number of likely N-dealkylation sites (N-methyl/N-ethyl adjacent to an activating group) is 1. The molecule has 0 saturated heterocycles. The van der Waals surface area contributed by atoms with Crippen molar-refractivity contribution < 1.29 is 23.8 Å². The van der Waals surface area contributed by atoms with Crippen LogP contribution in [0.4, 0.5) is 10.1 Å². The molecule has 6 rings (SSSR count). The molecule has 3 aromatic rings. The molecule has 6 heteroatoms. The van der Waals surface area contributed by atoms with E-state index in [9.17, 15) is 9.90 Å². The number of hydrogen-bond donors (Lipinski definition) is 1. The molecule has 5 nitrogen and oxygen atoms in total. The van der Waals surface area contributed by atoms with Crippen molar-refractivity contribution in [3.05, 3.63) is 77.1 Å². The van der Waals surface area contributed by atoms with Crippen LogP contribution in [0.5, 0.6) is 11.5 Å². The number of rotatable bonds is 6. The molecule has 186 valence electrons. The van der Waals surface area contributed by atoms with Gasteiger partial charge >= 0.3 is 5.97 Å². The van der Waals surface area contributed by atoms with Crippen LogP contribution in [-0.2, 0) is 11.2 Å². The highest BCUT2D eigenvalue weighted by Gasteiger charge is 2.34. The monoisotopic (exact) mass is 487 g/mol. The average Bonchev–Trinajstić information content (AvgIpc) is 3.72. The fourth-order valence-corrected chi connectivity index (χ4v) is 5.58. The lowest BCUT2D eigenvalue weighted by Gasteiger charge is -2.28. The van der Waals surface area contributed by atoms with Gasteiger partial charge in [0.1, 0.15) is 30.0 Å². The van der Waals surface area contributed by atoms with Crippen LogP contribution < -0.4 is 14.4 Å². The summed E-state index contributed by atoms with van der Waals surface area (Å²) in [7, 11) is 2.04. The number of carboxylic acids is 1. The predicted molar refractivity (Wildman–Crippen MR) is 136 cm³/mol. The van der Waals surface area contributed by atoms with Crippen molar-refractivity contribution in [2.75, 3.05) is 25.1 Å². The first-order chi connectivity index (χ1) is 17.5. The molecule has 2 heterocycles. The minimum atomic E-state index is -0.775. The molecular weight excluding hydrogens is 457 g/mol. The van der Waals surface area contributed by atoms with E-state index in [1.165, 1.54) is 0 Å². The lowest BCUT2D eigenvalue weighted by molar-refractivity contribution is -0.137. The zero-order valence-electron chi connectivity index (χ0n) is 20.4. The standard InChI is InChI=1S/C30H30FNO4/c1-32-12-13-35-29-15-21(7-10-26(29)32)20-6-9-23(25(31)14-20)27-11-8-19-4-5-22(16-28(19)36-27)24(17-30(33)34)18-2-3-18/h4-7,9-10,14-16,18,24,27H,2-3,8,11-13,17H2,1H3,(H,33,34). The maximum atomic E-state index is 15.4. The van der Waals surface area contributed by atoms with Gasteiger partial charge in [-0.2, -0.15) is 0 Å². The second-order valence-electron chi connectivity index (χ2n) is 10.2. The highest BCUT2D eigenvalue weighted by atomic mass is 19.1. The molecule has 0 radical (unpaired) electrons. The zero-order chi connectivity index (χ0) is 24.8. The lowest BCUT2D eigenvalue weighted by Crippen LogP contribution is -2.28. The molecule has 1 saturated carbocycles. The summed E-state index contributed by atoms with van der Waals surface area (Å²) in [5.41, 5.74) is 5.41. The van der Waals surface area contributed by atoms with Crippen molar-refractivity contribution in [1.82, 2.24) is 0 Å². The number of nitrogens with zero attached hydrogens (tertiary/aromatic N) is 1. The van der Waals surface area contributed by atoms with Gasteiger partial charge in [-0.05, 0) is 84.0 Å². The SMILES string of the molecule is CN1CCOc2cc(-c3ccc(C4CCc5ccc(C(CC(=O)O)C6CC6)cc5O4)c(F)c3)ccc21. The van der Waals surface area contributed by atoms with Crippen LogP contribution in [0.1, 0.15) is 54.4 Å². The van der Waals surface area contributed by atoms with E-state index in [0.717, 1.165) is 65.2 Å². The second kappa shape index (κ2) is 9.16. The van der Waals surface area contributed by atoms with Gasteiger partial charge in [-0.3, -0.25) is 4.79 Å². The van der Waals surface area contributed by atoms with E-state index >= 15 is 4.39 Å². The number of fused-ring (bicyclic) bond motifs is 2. The maximum absolute atomic E-state index is 15.4. The van der Waals surface area contributed by atoms with E-state index in [2.05, 4.69) is 4.90 Å². The summed E-state index contributed by atoms with van der Waals surface area (Å²) < 4.78 is 27.5. The molecule has 1 fully saturated rings. The van der Waals surface area contributed by atoms with Crippen LogP contribution in [-0.4, -0.2) is 31.3 Å². The van der Waals surface area contributed by atoms with E-state index in [-0.39, 0.29) is 24.3 Å². The molecule has 0 aromatic heterocycles. The average molecular weight is 488 g/mol. The fraction of sp³-hybridized carbons (Fsp3) is 0.367. The quantitative estimate of drug-likeness (QED) is 0.439. The number of halogens is 1. The van der Waals surface area contributed by atoms with Gasteiger partial charge in [0, 0.05) is 12.6 Å². The highest BCUT2D eigenvalue weighted by Crippen LogP contribution is 2.46. The number of benzene rings is 3. The third-order valence-electron chi connectivity index (χ3n) is 7.79. The Morgan fingerprint density at radius 3 is 2.64 bits per heavy atom. The summed E-state index contributed by atoms with van der Waals surface area (Å²) >= 11 is 0. The Morgan fingerprint density at radius 1 is 1.06 bits per heavy atom. The largest absolute Gasteiger partial charge is 0.490 e. The number of carbonyl (C=O) groups is 1. The van der Waals surface area contributed by atoms with Crippen LogP contribution in [0.15, 0.2) is 54.6 Å². The summed E-state index contributed by atoms with van der Waals surface area (Å²) in [6, 6.07) is 17.4. The van der Waals surface area contributed by atoms with E-state index in [1.54, 1.807) is 6.07 Å². The Bertz CT molecular complexity index is 1320. The van der Waals surface area contributed by atoms with Crippen molar-refractivity contribution in [3.63, 3.8) is 0 Å². The van der Waals surface area contributed by atoms with Crippen molar-refractivity contribution in [1.29, 1.82) is 0 Å². The Kier molecular flexibility index (Phi) is 5.82. The Morgan fingerprint density at radius 2 is 1.86 bits per heavy atom. The van der Waals surface area contributed by atoms with Crippen LogP contribution in [0.2, 0.25) is 0 Å². The molecule has 0 spiro atoms. The highest BCUT2D eigenvalue weighted by molar-refractivity contribution is 5.72. The normalized spacial score (nSPS) is 19.5. The number of aryl methyl sites for hydroxylation is 1. The van der Waals surface area contributed by atoms with Crippen molar-refractivity contribution in [3.8, 4) is 22.6 Å². The zero-order valence-corrected chi connectivity index (χ0v) is 20.4. The van der Waals surface area contributed by atoms with Gasteiger partial charge in [0.15, 0.2) is 0 Å². The van der Waals surface area contributed by atoms with E-state index in [4.69, 9.17) is 9.47 Å². The first-order valence-corrected chi connectivity index (χ1v) is 12.8. The summed E-state index contributed by atoms with van der Waals surface area (Å²) in [4.78, 5) is 13.6. The van der Waals surface area contributed by atoms with Gasteiger partial charge in [0.2, 0.25) is 0 Å². The van der Waals surface area contributed by atoms with Gasteiger partial charge in [-0.15, -0.1) is 0 Å². The molecular formula is C30H30FNO4. The molecule has 36 heavy (non-hydrogen) atoms. The van der Waals surface area contributed by atoms with Crippen LogP contribution in [0.25, 0.3) is 11.1 Å². The van der Waals surface area contributed by atoms with Crippen LogP contribution in [0.3, 0.4) is 0 Å². The first kappa shape index (κ1) is 22.9. The molecule has 1 N–H and O–H groups in total. The Balaban J connectivity index is 1.24. The first-order valence-electron chi connectivity index (χ1n) is 12.8. The molecule has 2 atom stereocenters. The Labute approximate surface area is 210 Å². The van der Waals surface area contributed by atoms with Crippen molar-refractivity contribution in [2.45, 2.75) is 44.1 Å². The molecule has 0 bridgehead atoms. The van der Waals surface area contributed by atoms with Crippen molar-refractivity contribution >= 4 is 11.7 Å². The van der Waals surface area contributed by atoms with Crippen LogP contribution in [0, 0.1) is 11.7 Å². The number of hydrogen-bond acceptors (Lipinski definition) is 4. The fourth-order valence-electron chi connectivity index (χ4n) is 5.58. The minimum Gasteiger partial charge on any atom is -0.490 e. The van der Waals surface area contributed by atoms with E-state index < -0.39 is 5.97 Å².